The van der Waals surface area contributed by atoms with Crippen molar-refractivity contribution < 1.29 is 32.0 Å². The molecule has 2 heterocycles. The highest BCUT2D eigenvalue weighted by atomic mass is 19.4. The van der Waals surface area contributed by atoms with Crippen molar-refractivity contribution in [1.29, 1.82) is 0 Å². The Bertz CT molecular complexity index is 803. The number of imide groups is 1. The zero-order valence-corrected chi connectivity index (χ0v) is 12.7. The third kappa shape index (κ3) is 4.55. The van der Waals surface area contributed by atoms with Crippen molar-refractivity contribution in [1.82, 2.24) is 15.5 Å². The molecule has 2 aromatic rings. The number of hydrogen-bond acceptors (Lipinski definition) is 6. The van der Waals surface area contributed by atoms with Crippen LogP contribution in [0.5, 0.6) is 5.75 Å². The van der Waals surface area contributed by atoms with E-state index in [2.05, 4.69) is 20.2 Å². The van der Waals surface area contributed by atoms with Gasteiger partial charge in [-0.25, -0.2) is 0 Å². The van der Waals surface area contributed by atoms with Crippen LogP contribution >= 0.6 is 0 Å². The van der Waals surface area contributed by atoms with Gasteiger partial charge in [-0.3, -0.25) is 14.9 Å². The van der Waals surface area contributed by atoms with Gasteiger partial charge in [0.1, 0.15) is 5.75 Å². The average molecular weight is 355 g/mol. The summed E-state index contributed by atoms with van der Waals surface area (Å²) in [6.07, 6.45) is -4.44. The summed E-state index contributed by atoms with van der Waals surface area (Å²) in [6, 6.07) is 5.44. The fourth-order valence-electron chi connectivity index (χ4n) is 2.46. The first kappa shape index (κ1) is 16.9. The first-order chi connectivity index (χ1) is 11.8. The molecule has 0 saturated carbocycles. The largest absolute Gasteiger partial charge is 0.573 e. The Labute approximate surface area is 139 Å². The fourth-order valence-corrected chi connectivity index (χ4v) is 2.46. The van der Waals surface area contributed by atoms with E-state index in [0.29, 0.717) is 5.56 Å². The van der Waals surface area contributed by atoms with E-state index in [1.807, 2.05) is 0 Å². The van der Waals surface area contributed by atoms with E-state index in [1.54, 1.807) is 6.07 Å². The first-order valence-electron chi connectivity index (χ1n) is 7.28. The van der Waals surface area contributed by atoms with Crippen molar-refractivity contribution >= 4 is 11.8 Å². The minimum Gasteiger partial charge on any atom is -0.406 e. The van der Waals surface area contributed by atoms with Crippen LogP contribution < -0.4 is 10.1 Å². The summed E-state index contributed by atoms with van der Waals surface area (Å²) in [5.41, 5.74) is 0.503. The molecule has 1 aromatic heterocycles. The molecule has 1 atom stereocenters. The van der Waals surface area contributed by atoms with Gasteiger partial charge in [-0.2, -0.15) is 4.98 Å². The highest BCUT2D eigenvalue weighted by Gasteiger charge is 2.32. The maximum atomic E-state index is 12.2. The van der Waals surface area contributed by atoms with E-state index in [9.17, 15) is 22.8 Å². The quantitative estimate of drug-likeness (QED) is 0.822. The van der Waals surface area contributed by atoms with Crippen molar-refractivity contribution in [3.63, 3.8) is 0 Å². The molecule has 7 nitrogen and oxygen atoms in total. The minimum absolute atomic E-state index is 0.0629. The van der Waals surface area contributed by atoms with E-state index < -0.39 is 12.3 Å². The number of aromatic nitrogens is 2. The van der Waals surface area contributed by atoms with Crippen molar-refractivity contribution in [3.8, 4) is 5.75 Å². The standard InChI is InChI=1S/C15H12F3N3O4/c16-15(17,18)24-10-3-1-2-8(4-10)5-11-19-13(25-21-11)7-9-6-12(22)20-14(9)23/h1-4,9H,5-7H2,(H,20,22,23). The van der Waals surface area contributed by atoms with Crippen molar-refractivity contribution in [2.45, 2.75) is 25.6 Å². The van der Waals surface area contributed by atoms with Gasteiger partial charge in [-0.15, -0.1) is 13.2 Å². The summed E-state index contributed by atoms with van der Waals surface area (Å²) >= 11 is 0. The smallest absolute Gasteiger partial charge is 0.406 e. The molecule has 0 spiro atoms. The molecule has 1 aromatic carbocycles. The molecule has 1 aliphatic heterocycles. The third-order valence-corrected chi connectivity index (χ3v) is 3.49. The second-order valence-corrected chi connectivity index (χ2v) is 5.49. The van der Waals surface area contributed by atoms with E-state index >= 15 is 0 Å². The molecule has 25 heavy (non-hydrogen) atoms. The van der Waals surface area contributed by atoms with Crippen molar-refractivity contribution in [2.75, 3.05) is 0 Å². The highest BCUT2D eigenvalue weighted by molar-refractivity contribution is 6.03. The number of ether oxygens (including phenoxy) is 1. The van der Waals surface area contributed by atoms with Gasteiger partial charge >= 0.3 is 6.36 Å². The number of hydrogen-bond donors (Lipinski definition) is 1. The minimum atomic E-state index is -4.77. The fraction of sp³-hybridized carbons (Fsp3) is 0.333. The molecule has 0 bridgehead atoms. The molecule has 1 saturated heterocycles. The van der Waals surface area contributed by atoms with Crippen LogP contribution in [0, 0.1) is 5.92 Å². The Morgan fingerprint density at radius 1 is 1.32 bits per heavy atom. The van der Waals surface area contributed by atoms with Crippen LogP contribution in [0.1, 0.15) is 23.7 Å². The van der Waals surface area contributed by atoms with Crippen LogP contribution in [0.3, 0.4) is 0 Å². The van der Waals surface area contributed by atoms with Crippen LogP contribution in [0.2, 0.25) is 0 Å². The molecule has 1 fully saturated rings. The van der Waals surface area contributed by atoms with Crippen LogP contribution in [-0.2, 0) is 22.4 Å². The average Bonchev–Trinajstić information content (AvgIpc) is 3.04. The second kappa shape index (κ2) is 6.54. The van der Waals surface area contributed by atoms with Gasteiger partial charge in [-0.05, 0) is 17.7 Å². The van der Waals surface area contributed by atoms with Crippen LogP contribution in [0.25, 0.3) is 0 Å². The van der Waals surface area contributed by atoms with Crippen molar-refractivity contribution in [2.24, 2.45) is 5.92 Å². The Morgan fingerprint density at radius 2 is 2.12 bits per heavy atom. The molecular formula is C15H12F3N3O4. The maximum Gasteiger partial charge on any atom is 0.573 e. The maximum absolute atomic E-state index is 12.2. The SMILES string of the molecule is O=C1CC(Cc2nc(Cc3cccc(OC(F)(F)F)c3)no2)C(=O)N1. The lowest BCUT2D eigenvalue weighted by Gasteiger charge is -2.09. The van der Waals surface area contributed by atoms with E-state index in [4.69, 9.17) is 4.52 Å². The molecule has 3 rings (SSSR count). The zero-order valence-electron chi connectivity index (χ0n) is 12.7. The summed E-state index contributed by atoms with van der Waals surface area (Å²) in [7, 11) is 0. The van der Waals surface area contributed by atoms with Crippen LogP contribution in [-0.4, -0.2) is 28.3 Å². The Kier molecular flexibility index (Phi) is 4.43. The van der Waals surface area contributed by atoms with Gasteiger partial charge < -0.3 is 9.26 Å². The predicted molar refractivity (Wildman–Crippen MR) is 75.2 cm³/mol. The van der Waals surface area contributed by atoms with Crippen LogP contribution in [0.4, 0.5) is 13.2 Å². The Morgan fingerprint density at radius 3 is 2.80 bits per heavy atom. The number of rotatable bonds is 5. The lowest BCUT2D eigenvalue weighted by atomic mass is 10.0. The highest BCUT2D eigenvalue weighted by Crippen LogP contribution is 2.24. The van der Waals surface area contributed by atoms with Gasteiger partial charge in [0.25, 0.3) is 0 Å². The van der Waals surface area contributed by atoms with Gasteiger partial charge in [0.15, 0.2) is 5.82 Å². The summed E-state index contributed by atoms with van der Waals surface area (Å²) in [5, 5.41) is 5.92. The number of amides is 2. The number of alkyl halides is 3. The summed E-state index contributed by atoms with van der Waals surface area (Å²) in [4.78, 5) is 26.8. The van der Waals surface area contributed by atoms with Gasteiger partial charge in [0.2, 0.25) is 17.7 Å². The number of nitrogens with zero attached hydrogens (tertiary/aromatic N) is 2. The number of carbonyl (C=O) groups excluding carboxylic acids is 2. The molecule has 1 aliphatic rings. The molecule has 1 unspecified atom stereocenters. The summed E-state index contributed by atoms with van der Waals surface area (Å²) in [6.45, 7) is 0. The second-order valence-electron chi connectivity index (χ2n) is 5.49. The normalized spacial score (nSPS) is 17.6. The van der Waals surface area contributed by atoms with Gasteiger partial charge in [0, 0.05) is 19.3 Å². The van der Waals surface area contributed by atoms with Gasteiger partial charge in [-0.1, -0.05) is 17.3 Å². The monoisotopic (exact) mass is 355 g/mol. The predicted octanol–water partition coefficient (Wildman–Crippen LogP) is 1.76. The molecule has 1 N–H and O–H groups in total. The molecule has 0 radical (unpaired) electrons. The Hall–Kier alpha value is -2.91. The number of halogens is 3. The lowest BCUT2D eigenvalue weighted by molar-refractivity contribution is -0.274. The zero-order chi connectivity index (χ0) is 18.0. The topological polar surface area (TPSA) is 94.3 Å². The first-order valence-corrected chi connectivity index (χ1v) is 7.28. The molecular weight excluding hydrogens is 343 g/mol. The van der Waals surface area contributed by atoms with E-state index in [0.717, 1.165) is 0 Å². The summed E-state index contributed by atoms with van der Waals surface area (Å²) < 4.78 is 45.6. The third-order valence-electron chi connectivity index (χ3n) is 3.49. The number of benzene rings is 1. The van der Waals surface area contributed by atoms with E-state index in [-0.39, 0.29) is 48.5 Å². The van der Waals surface area contributed by atoms with Gasteiger partial charge in [0.05, 0.1) is 5.92 Å². The lowest BCUT2D eigenvalue weighted by Crippen LogP contribution is -2.22. The van der Waals surface area contributed by atoms with E-state index in [1.165, 1.54) is 18.2 Å². The van der Waals surface area contributed by atoms with Crippen LogP contribution in [0.15, 0.2) is 28.8 Å². The van der Waals surface area contributed by atoms with Crippen molar-refractivity contribution in [3.05, 3.63) is 41.5 Å². The summed E-state index contributed by atoms with van der Waals surface area (Å²) in [5.74, 6) is -1.19. The molecule has 10 heteroatoms. The number of nitrogens with one attached hydrogen (secondary N) is 1. The Balaban J connectivity index is 1.64. The molecule has 2 amide bonds. The molecule has 132 valence electrons. The number of carbonyl (C=O) groups is 2. The molecule has 0 aliphatic carbocycles.